The van der Waals surface area contributed by atoms with Crippen molar-refractivity contribution in [2.75, 3.05) is 13.7 Å². The zero-order valence-corrected chi connectivity index (χ0v) is 15.3. The van der Waals surface area contributed by atoms with Gasteiger partial charge in [-0.2, -0.15) is 0 Å². The summed E-state index contributed by atoms with van der Waals surface area (Å²) in [7, 11) is 1.17. The molecule has 5 N–H and O–H groups in total. The Bertz CT molecular complexity index is 641. The molecule has 0 spiro atoms. The average molecular weight is 404 g/mol. The van der Waals surface area contributed by atoms with Crippen LogP contribution in [0.5, 0.6) is 0 Å². The van der Waals surface area contributed by atoms with Gasteiger partial charge < -0.3 is 44.5 Å². The van der Waals surface area contributed by atoms with Gasteiger partial charge in [0, 0.05) is 11.5 Å². The lowest BCUT2D eigenvalue weighted by Gasteiger charge is -2.41. The molecule has 0 aliphatic carbocycles. The largest absolute Gasteiger partial charge is 0.478 e. The van der Waals surface area contributed by atoms with E-state index in [0.29, 0.717) is 0 Å². The van der Waals surface area contributed by atoms with Crippen LogP contribution in [0.3, 0.4) is 0 Å². The monoisotopic (exact) mass is 404 g/mol. The van der Waals surface area contributed by atoms with E-state index < -0.39 is 61.5 Å². The van der Waals surface area contributed by atoms with Crippen molar-refractivity contribution in [1.29, 1.82) is 0 Å². The smallest absolute Gasteiger partial charge is 0.335 e. The van der Waals surface area contributed by atoms with Gasteiger partial charge in [-0.25, -0.2) is 4.79 Å². The maximum Gasteiger partial charge on any atom is 0.335 e. The molecule has 158 valence electrons. The van der Waals surface area contributed by atoms with Gasteiger partial charge in [-0.15, -0.1) is 0 Å². The van der Waals surface area contributed by atoms with Gasteiger partial charge in [0.25, 0.3) is 0 Å². The molecular formula is C17H24O11. The lowest BCUT2D eigenvalue weighted by Crippen LogP contribution is -2.60. The summed E-state index contributed by atoms with van der Waals surface area (Å²) in [5.41, 5.74) is 0.0782. The number of hydrogen-bond acceptors (Lipinski definition) is 10. The first kappa shape index (κ1) is 22.3. The molecule has 11 heteroatoms. The first-order valence-electron chi connectivity index (χ1n) is 8.52. The minimum atomic E-state index is -1.66. The summed E-state index contributed by atoms with van der Waals surface area (Å²) in [4.78, 5) is 23.2. The molecule has 2 heterocycles. The Labute approximate surface area is 160 Å². The summed E-state index contributed by atoms with van der Waals surface area (Å²) in [5.74, 6) is -2.86. The molecule has 0 saturated carbocycles. The Morgan fingerprint density at radius 2 is 1.89 bits per heavy atom. The number of hydrogen-bond donors (Lipinski definition) is 5. The number of aliphatic carboxylic acids is 1. The van der Waals surface area contributed by atoms with Gasteiger partial charge in [0.2, 0.25) is 6.29 Å². The molecule has 0 bridgehead atoms. The summed E-state index contributed by atoms with van der Waals surface area (Å²) >= 11 is 0. The molecule has 11 nitrogen and oxygen atoms in total. The van der Waals surface area contributed by atoms with Gasteiger partial charge in [-0.1, -0.05) is 6.08 Å². The van der Waals surface area contributed by atoms with E-state index in [-0.39, 0.29) is 17.6 Å². The van der Waals surface area contributed by atoms with E-state index in [1.165, 1.54) is 13.2 Å². The second-order valence-electron chi connectivity index (χ2n) is 6.30. The van der Waals surface area contributed by atoms with Crippen LogP contribution in [0.25, 0.3) is 0 Å². The van der Waals surface area contributed by atoms with Gasteiger partial charge in [-0.05, 0) is 6.92 Å². The maximum absolute atomic E-state index is 11.7. The predicted octanol–water partition coefficient (Wildman–Crippen LogP) is -1.75. The SMILES string of the molecule is C/C=C1/[C@@H](O[C@H]2O[C@@H](CO)[C@H](O)[C@@H](O)[C@@H]2O)OC=C(C(=O)O)[C@H]1CC(=O)OC. The van der Waals surface area contributed by atoms with Gasteiger partial charge in [0.1, 0.15) is 24.4 Å². The van der Waals surface area contributed by atoms with Crippen LogP contribution in [0.2, 0.25) is 0 Å². The third-order valence-electron chi connectivity index (χ3n) is 4.65. The van der Waals surface area contributed by atoms with Gasteiger partial charge in [0.15, 0.2) is 6.29 Å². The quantitative estimate of drug-likeness (QED) is 0.251. The zero-order chi connectivity index (χ0) is 21.0. The molecule has 0 radical (unpaired) electrons. The summed E-state index contributed by atoms with van der Waals surface area (Å²) in [6.45, 7) is 0.943. The van der Waals surface area contributed by atoms with Crippen molar-refractivity contribution in [1.82, 2.24) is 0 Å². The van der Waals surface area contributed by atoms with Crippen molar-refractivity contribution in [3.8, 4) is 0 Å². The van der Waals surface area contributed by atoms with Crippen LogP contribution in [0, 0.1) is 5.92 Å². The number of allylic oxidation sites excluding steroid dienone is 1. The predicted molar refractivity (Wildman–Crippen MR) is 89.3 cm³/mol. The molecule has 0 aromatic heterocycles. The Balaban J connectivity index is 2.25. The lowest BCUT2D eigenvalue weighted by molar-refractivity contribution is -0.327. The van der Waals surface area contributed by atoms with Crippen molar-refractivity contribution < 1.29 is 54.1 Å². The summed E-state index contributed by atoms with van der Waals surface area (Å²) in [5, 5.41) is 48.4. The molecule has 2 aliphatic rings. The fourth-order valence-electron chi connectivity index (χ4n) is 3.07. The fourth-order valence-corrected chi connectivity index (χ4v) is 3.07. The standard InChI is InChI=1S/C17H24O11/c1-3-7-8(4-11(19)25-2)9(15(23)24)6-26-16(7)28-17-14(22)13(21)12(20)10(5-18)27-17/h3,6,8,10,12-14,16-18,20-22H,4-5H2,1-2H3,(H,23,24)/b7-3+/t8-,10-,12-,13+,14-,16+,17+/m0/s1. The first-order chi connectivity index (χ1) is 13.2. The third kappa shape index (κ3) is 4.51. The van der Waals surface area contributed by atoms with E-state index in [0.717, 1.165) is 6.26 Å². The van der Waals surface area contributed by atoms with E-state index in [2.05, 4.69) is 4.74 Å². The highest BCUT2D eigenvalue weighted by atomic mass is 16.8. The highest BCUT2D eigenvalue weighted by molar-refractivity contribution is 5.89. The van der Waals surface area contributed by atoms with Crippen LogP contribution in [0.4, 0.5) is 0 Å². The minimum absolute atomic E-state index is 0.188. The Hall–Kier alpha value is -2.02. The van der Waals surface area contributed by atoms with Crippen LogP contribution >= 0.6 is 0 Å². The number of aliphatic hydroxyl groups is 4. The molecular weight excluding hydrogens is 380 g/mol. The van der Waals surface area contributed by atoms with E-state index >= 15 is 0 Å². The number of carboxylic acids is 1. The number of ether oxygens (including phenoxy) is 4. The zero-order valence-electron chi connectivity index (χ0n) is 15.3. The Morgan fingerprint density at radius 1 is 1.21 bits per heavy atom. The number of esters is 1. The van der Waals surface area contributed by atoms with Crippen LogP contribution in [-0.2, 0) is 28.5 Å². The van der Waals surface area contributed by atoms with Crippen LogP contribution < -0.4 is 0 Å². The minimum Gasteiger partial charge on any atom is -0.478 e. The number of rotatable bonds is 6. The number of carbonyl (C=O) groups is 2. The van der Waals surface area contributed by atoms with E-state index in [4.69, 9.17) is 14.2 Å². The normalized spacial score (nSPS) is 37.1. The number of carboxylic acid groups (broad SMARTS) is 1. The molecule has 0 amide bonds. The number of aliphatic hydroxyl groups excluding tert-OH is 4. The summed E-state index contributed by atoms with van der Waals surface area (Å²) in [6, 6.07) is 0. The number of carbonyl (C=O) groups excluding carboxylic acids is 1. The molecule has 2 rings (SSSR count). The van der Waals surface area contributed by atoms with Gasteiger partial charge in [-0.3, -0.25) is 4.79 Å². The lowest BCUT2D eigenvalue weighted by atomic mass is 9.86. The van der Waals surface area contributed by atoms with Crippen molar-refractivity contribution in [2.45, 2.75) is 50.3 Å². The number of methoxy groups -OCH3 is 1. The molecule has 28 heavy (non-hydrogen) atoms. The molecule has 1 saturated heterocycles. The Morgan fingerprint density at radius 3 is 2.43 bits per heavy atom. The van der Waals surface area contributed by atoms with Crippen molar-refractivity contribution >= 4 is 11.9 Å². The van der Waals surface area contributed by atoms with Crippen LogP contribution in [0.15, 0.2) is 23.5 Å². The van der Waals surface area contributed by atoms with Crippen molar-refractivity contribution in [3.63, 3.8) is 0 Å². The highest BCUT2D eigenvalue weighted by Gasteiger charge is 2.46. The second kappa shape index (κ2) is 9.45. The summed E-state index contributed by atoms with van der Waals surface area (Å²) < 4.78 is 20.7. The van der Waals surface area contributed by atoms with Crippen LogP contribution in [-0.4, -0.2) is 88.2 Å². The van der Waals surface area contributed by atoms with Crippen molar-refractivity contribution in [2.24, 2.45) is 5.92 Å². The second-order valence-corrected chi connectivity index (χ2v) is 6.30. The van der Waals surface area contributed by atoms with Crippen molar-refractivity contribution in [3.05, 3.63) is 23.5 Å². The van der Waals surface area contributed by atoms with Gasteiger partial charge >= 0.3 is 11.9 Å². The van der Waals surface area contributed by atoms with Crippen LogP contribution in [0.1, 0.15) is 13.3 Å². The van der Waals surface area contributed by atoms with E-state index in [9.17, 15) is 35.1 Å². The molecule has 0 unspecified atom stereocenters. The molecule has 0 aromatic carbocycles. The van der Waals surface area contributed by atoms with E-state index in [1.54, 1.807) is 6.92 Å². The topological polar surface area (TPSA) is 172 Å². The third-order valence-corrected chi connectivity index (χ3v) is 4.65. The molecule has 0 aromatic rings. The average Bonchev–Trinajstić information content (AvgIpc) is 2.68. The highest BCUT2D eigenvalue weighted by Crippen LogP contribution is 2.35. The summed E-state index contributed by atoms with van der Waals surface area (Å²) in [6.07, 6.45) is -6.65. The maximum atomic E-state index is 11.7. The first-order valence-corrected chi connectivity index (χ1v) is 8.52. The molecule has 2 aliphatic heterocycles. The fraction of sp³-hybridized carbons (Fsp3) is 0.647. The molecule has 7 atom stereocenters. The van der Waals surface area contributed by atoms with E-state index in [1.807, 2.05) is 0 Å². The van der Waals surface area contributed by atoms with Gasteiger partial charge in [0.05, 0.1) is 32.0 Å². The Kier molecular flexibility index (Phi) is 7.52. The molecule has 1 fully saturated rings.